The molecule has 1 unspecified atom stereocenters. The maximum Gasteiger partial charge on any atom is 0.240 e. The van der Waals surface area contributed by atoms with Crippen molar-refractivity contribution in [3.8, 4) is 0 Å². The molecule has 0 saturated heterocycles. The number of amides is 1. The van der Waals surface area contributed by atoms with E-state index in [2.05, 4.69) is 20.5 Å². The smallest absolute Gasteiger partial charge is 0.240 e. The van der Waals surface area contributed by atoms with E-state index in [-0.39, 0.29) is 11.8 Å². The zero-order valence-corrected chi connectivity index (χ0v) is 12.1. The van der Waals surface area contributed by atoms with Crippen molar-refractivity contribution in [2.75, 3.05) is 6.26 Å². The minimum atomic E-state index is -0.0333. The molecule has 2 heterocycles. The molecule has 1 aliphatic rings. The molecule has 1 aromatic carbocycles. The summed E-state index contributed by atoms with van der Waals surface area (Å²) in [5.74, 6) is 0.0806. The average Bonchev–Trinajstić information content (AvgIpc) is 2.46. The predicted molar refractivity (Wildman–Crippen MR) is 79.8 cm³/mol. The number of benzene rings is 1. The third kappa shape index (κ3) is 2.27. The molecule has 1 aliphatic heterocycles. The molecule has 20 heavy (non-hydrogen) atoms. The van der Waals surface area contributed by atoms with E-state index >= 15 is 0 Å². The van der Waals surface area contributed by atoms with E-state index in [0.717, 1.165) is 27.2 Å². The van der Waals surface area contributed by atoms with E-state index in [0.29, 0.717) is 6.42 Å². The fourth-order valence-corrected chi connectivity index (χ4v) is 2.90. The van der Waals surface area contributed by atoms with Crippen LogP contribution in [-0.2, 0) is 4.79 Å². The summed E-state index contributed by atoms with van der Waals surface area (Å²) in [7, 11) is 0. The normalized spacial score (nSPS) is 18.8. The maximum atomic E-state index is 11.3. The van der Waals surface area contributed by atoms with Gasteiger partial charge in [-0.1, -0.05) is 13.0 Å². The summed E-state index contributed by atoms with van der Waals surface area (Å²) in [6, 6.07) is 6.03. The topological polar surface area (TPSA) is 67.2 Å². The molecule has 102 valence electrons. The van der Waals surface area contributed by atoms with Crippen LogP contribution < -0.4 is 5.43 Å². The van der Waals surface area contributed by atoms with Crippen molar-refractivity contribution in [2.45, 2.75) is 18.4 Å². The maximum absolute atomic E-state index is 11.3. The van der Waals surface area contributed by atoms with Gasteiger partial charge in [0.2, 0.25) is 5.91 Å². The highest BCUT2D eigenvalue weighted by atomic mass is 32.2. The minimum Gasteiger partial charge on any atom is -0.273 e. The van der Waals surface area contributed by atoms with E-state index in [1.807, 2.05) is 31.4 Å². The molecule has 3 rings (SSSR count). The van der Waals surface area contributed by atoms with Crippen LogP contribution in [0.5, 0.6) is 0 Å². The highest BCUT2D eigenvalue weighted by Gasteiger charge is 2.21. The number of fused-ring (bicyclic) bond motifs is 1. The molecule has 5 nitrogen and oxygen atoms in total. The van der Waals surface area contributed by atoms with Gasteiger partial charge in [0.25, 0.3) is 0 Å². The second kappa shape index (κ2) is 5.20. The van der Waals surface area contributed by atoms with Gasteiger partial charge in [-0.2, -0.15) is 5.10 Å². The first-order chi connectivity index (χ1) is 9.69. The minimum absolute atomic E-state index is 0.0333. The number of carbonyl (C=O) groups excluding carboxylic acids is 1. The Hall–Kier alpha value is -1.95. The van der Waals surface area contributed by atoms with Crippen molar-refractivity contribution in [1.29, 1.82) is 0 Å². The van der Waals surface area contributed by atoms with Gasteiger partial charge in [0.05, 0.1) is 11.2 Å². The Bertz CT molecular complexity index is 713. The van der Waals surface area contributed by atoms with Crippen LogP contribution in [0.4, 0.5) is 0 Å². The largest absolute Gasteiger partial charge is 0.273 e. The number of hydrazone groups is 1. The Morgan fingerprint density at radius 1 is 1.35 bits per heavy atom. The predicted octanol–water partition coefficient (Wildman–Crippen LogP) is 2.21. The molecule has 0 saturated carbocycles. The lowest BCUT2D eigenvalue weighted by molar-refractivity contribution is -0.121. The van der Waals surface area contributed by atoms with Gasteiger partial charge in [-0.3, -0.25) is 4.79 Å². The van der Waals surface area contributed by atoms with Crippen molar-refractivity contribution in [3.63, 3.8) is 0 Å². The Morgan fingerprint density at radius 3 is 2.95 bits per heavy atom. The van der Waals surface area contributed by atoms with Gasteiger partial charge in [0, 0.05) is 23.3 Å². The van der Waals surface area contributed by atoms with E-state index in [1.165, 1.54) is 0 Å². The zero-order valence-electron chi connectivity index (χ0n) is 11.3. The molecule has 0 radical (unpaired) electrons. The van der Waals surface area contributed by atoms with Crippen molar-refractivity contribution in [3.05, 3.63) is 30.1 Å². The second-order valence-corrected chi connectivity index (χ2v) is 5.55. The number of rotatable bonds is 2. The molecule has 0 fully saturated rings. The van der Waals surface area contributed by atoms with E-state index in [4.69, 9.17) is 0 Å². The summed E-state index contributed by atoms with van der Waals surface area (Å²) in [5.41, 5.74) is 5.34. The van der Waals surface area contributed by atoms with Crippen molar-refractivity contribution in [1.82, 2.24) is 15.4 Å². The van der Waals surface area contributed by atoms with Gasteiger partial charge in [-0.15, -0.1) is 11.8 Å². The van der Waals surface area contributed by atoms with Crippen LogP contribution in [0, 0.1) is 5.92 Å². The Balaban J connectivity index is 2.08. The fourth-order valence-electron chi connectivity index (χ4n) is 2.36. The van der Waals surface area contributed by atoms with Crippen LogP contribution in [0.3, 0.4) is 0 Å². The molecule has 0 spiro atoms. The van der Waals surface area contributed by atoms with Crippen LogP contribution in [0.25, 0.3) is 10.9 Å². The van der Waals surface area contributed by atoms with Crippen LogP contribution in [-0.4, -0.2) is 27.8 Å². The third-order valence-electron chi connectivity index (χ3n) is 3.35. The van der Waals surface area contributed by atoms with Gasteiger partial charge >= 0.3 is 0 Å². The molecule has 1 atom stereocenters. The molecule has 1 N–H and O–H groups in total. The lowest BCUT2D eigenvalue weighted by atomic mass is 9.93. The first-order valence-electron chi connectivity index (χ1n) is 6.34. The van der Waals surface area contributed by atoms with Crippen molar-refractivity contribution in [2.24, 2.45) is 11.0 Å². The van der Waals surface area contributed by atoms with Crippen LogP contribution >= 0.6 is 11.8 Å². The van der Waals surface area contributed by atoms with Gasteiger partial charge in [0.15, 0.2) is 0 Å². The summed E-state index contributed by atoms with van der Waals surface area (Å²) < 4.78 is 0. The number of carbonyl (C=O) groups is 1. The molecule has 1 aromatic heterocycles. The lowest BCUT2D eigenvalue weighted by Gasteiger charge is -2.19. The number of hydrogen-bond donors (Lipinski definition) is 1. The molecule has 0 bridgehead atoms. The Kier molecular flexibility index (Phi) is 3.40. The first kappa shape index (κ1) is 13.1. The van der Waals surface area contributed by atoms with E-state index < -0.39 is 0 Å². The number of thioether (sulfide) groups is 1. The number of aromatic nitrogens is 2. The number of nitrogens with zero attached hydrogens (tertiary/aromatic N) is 3. The standard InChI is InChI=1S/C14H14N4OS/c1-8-5-12(19)17-18-13(8)9-3-4-10-11(6-9)15-7-16-14(10)20-2/h3-4,6-8H,5H2,1-2H3,(H,17,19). The molecular formula is C14H14N4OS. The summed E-state index contributed by atoms with van der Waals surface area (Å²) >= 11 is 1.60. The van der Waals surface area contributed by atoms with Gasteiger partial charge in [0.1, 0.15) is 11.4 Å². The monoisotopic (exact) mass is 286 g/mol. The van der Waals surface area contributed by atoms with E-state index in [1.54, 1.807) is 18.1 Å². The quantitative estimate of drug-likeness (QED) is 0.679. The first-order valence-corrected chi connectivity index (χ1v) is 7.57. The van der Waals surface area contributed by atoms with Crippen LogP contribution in [0.15, 0.2) is 34.7 Å². The fraction of sp³-hybridized carbons (Fsp3) is 0.286. The Labute approximate surface area is 120 Å². The van der Waals surface area contributed by atoms with Gasteiger partial charge < -0.3 is 0 Å². The highest BCUT2D eigenvalue weighted by molar-refractivity contribution is 7.98. The molecule has 6 heteroatoms. The summed E-state index contributed by atoms with van der Waals surface area (Å²) in [5, 5.41) is 6.18. The molecule has 2 aromatic rings. The van der Waals surface area contributed by atoms with Crippen LogP contribution in [0.2, 0.25) is 0 Å². The zero-order chi connectivity index (χ0) is 14.1. The number of hydrogen-bond acceptors (Lipinski definition) is 5. The third-order valence-corrected chi connectivity index (χ3v) is 4.06. The number of nitrogens with one attached hydrogen (secondary N) is 1. The van der Waals surface area contributed by atoms with Crippen molar-refractivity contribution >= 4 is 34.3 Å². The molecule has 0 aliphatic carbocycles. The van der Waals surface area contributed by atoms with Crippen LogP contribution in [0.1, 0.15) is 18.9 Å². The lowest BCUT2D eigenvalue weighted by Crippen LogP contribution is -2.31. The second-order valence-electron chi connectivity index (χ2n) is 4.75. The van der Waals surface area contributed by atoms with Gasteiger partial charge in [-0.25, -0.2) is 15.4 Å². The molecular weight excluding hydrogens is 272 g/mol. The average molecular weight is 286 g/mol. The summed E-state index contributed by atoms with van der Waals surface area (Å²) in [4.78, 5) is 19.9. The van der Waals surface area contributed by atoms with Gasteiger partial charge in [-0.05, 0) is 18.4 Å². The highest BCUT2D eigenvalue weighted by Crippen LogP contribution is 2.25. The summed E-state index contributed by atoms with van der Waals surface area (Å²) in [6.45, 7) is 2.01. The SMILES string of the molecule is CSc1ncnc2cc(C3=NNC(=O)CC3C)ccc12. The van der Waals surface area contributed by atoms with E-state index in [9.17, 15) is 4.79 Å². The summed E-state index contributed by atoms with van der Waals surface area (Å²) in [6.07, 6.45) is 4.04. The Morgan fingerprint density at radius 2 is 2.20 bits per heavy atom. The molecule has 1 amide bonds. The van der Waals surface area contributed by atoms with Crippen molar-refractivity contribution < 1.29 is 4.79 Å².